The van der Waals surface area contributed by atoms with Gasteiger partial charge >= 0.3 is 5.97 Å². The van der Waals surface area contributed by atoms with Crippen LogP contribution in [-0.4, -0.2) is 35.9 Å². The van der Waals surface area contributed by atoms with E-state index in [1.54, 1.807) is 0 Å². The maximum Gasteiger partial charge on any atom is 0.317 e. The molecule has 0 spiro atoms. The molecular weight excluding hydrogens is 146 g/mol. The van der Waals surface area contributed by atoms with Gasteiger partial charge in [0.25, 0.3) is 0 Å². The highest BCUT2D eigenvalue weighted by Gasteiger charge is 2.41. The van der Waals surface area contributed by atoms with Gasteiger partial charge in [-0.05, 0) is 12.8 Å². The van der Waals surface area contributed by atoms with Gasteiger partial charge in [-0.2, -0.15) is 0 Å². The zero-order valence-electron chi connectivity index (χ0n) is 6.34. The standard InChI is InChI=1S/C7H13NO3/c9-5-7(1-2-7)4-8-3-6(10)11/h8-9H,1-5H2,(H,10,11). The van der Waals surface area contributed by atoms with Crippen molar-refractivity contribution in [1.82, 2.24) is 5.32 Å². The fourth-order valence-electron chi connectivity index (χ4n) is 1.00. The summed E-state index contributed by atoms with van der Waals surface area (Å²) in [6, 6.07) is 0. The van der Waals surface area contributed by atoms with E-state index in [-0.39, 0.29) is 18.6 Å². The monoisotopic (exact) mass is 159 g/mol. The van der Waals surface area contributed by atoms with Crippen molar-refractivity contribution >= 4 is 5.97 Å². The van der Waals surface area contributed by atoms with E-state index >= 15 is 0 Å². The van der Waals surface area contributed by atoms with E-state index < -0.39 is 5.97 Å². The summed E-state index contributed by atoms with van der Waals surface area (Å²) >= 11 is 0. The van der Waals surface area contributed by atoms with Crippen LogP contribution in [0.4, 0.5) is 0 Å². The second-order valence-electron chi connectivity index (χ2n) is 3.16. The van der Waals surface area contributed by atoms with Gasteiger partial charge in [0.2, 0.25) is 0 Å². The summed E-state index contributed by atoms with van der Waals surface area (Å²) in [4.78, 5) is 10.1. The van der Waals surface area contributed by atoms with E-state index in [9.17, 15) is 4.79 Å². The van der Waals surface area contributed by atoms with E-state index in [2.05, 4.69) is 5.32 Å². The van der Waals surface area contributed by atoms with E-state index in [1.807, 2.05) is 0 Å². The molecule has 3 N–H and O–H groups in total. The molecule has 0 aliphatic heterocycles. The molecule has 1 saturated carbocycles. The van der Waals surface area contributed by atoms with Gasteiger partial charge in [-0.3, -0.25) is 4.79 Å². The Morgan fingerprint density at radius 3 is 2.55 bits per heavy atom. The van der Waals surface area contributed by atoms with Crippen molar-refractivity contribution < 1.29 is 15.0 Å². The molecule has 1 fully saturated rings. The summed E-state index contributed by atoms with van der Waals surface area (Å²) < 4.78 is 0. The van der Waals surface area contributed by atoms with E-state index in [4.69, 9.17) is 10.2 Å². The first-order chi connectivity index (χ1) is 5.18. The van der Waals surface area contributed by atoms with Crippen LogP contribution in [0.2, 0.25) is 0 Å². The maximum atomic E-state index is 10.1. The van der Waals surface area contributed by atoms with Gasteiger partial charge in [-0.15, -0.1) is 0 Å². The van der Waals surface area contributed by atoms with Crippen LogP contribution in [0.15, 0.2) is 0 Å². The SMILES string of the molecule is O=C(O)CNCC1(CO)CC1. The lowest BCUT2D eigenvalue weighted by atomic mass is 10.1. The molecule has 0 aromatic heterocycles. The quantitative estimate of drug-likeness (QED) is 0.502. The molecule has 0 unspecified atom stereocenters. The van der Waals surface area contributed by atoms with Crippen LogP contribution in [-0.2, 0) is 4.79 Å². The third-order valence-corrected chi connectivity index (χ3v) is 2.07. The lowest BCUT2D eigenvalue weighted by Gasteiger charge is -2.10. The smallest absolute Gasteiger partial charge is 0.317 e. The zero-order valence-corrected chi connectivity index (χ0v) is 6.34. The summed E-state index contributed by atoms with van der Waals surface area (Å²) in [5.74, 6) is -0.848. The highest BCUT2D eigenvalue weighted by atomic mass is 16.4. The number of hydrogen-bond acceptors (Lipinski definition) is 3. The summed E-state index contributed by atoms with van der Waals surface area (Å²) in [5.41, 5.74) is 0.00937. The lowest BCUT2D eigenvalue weighted by Crippen LogP contribution is -2.30. The van der Waals surface area contributed by atoms with E-state index in [0.29, 0.717) is 6.54 Å². The van der Waals surface area contributed by atoms with Gasteiger partial charge in [0.05, 0.1) is 6.54 Å². The first-order valence-corrected chi connectivity index (χ1v) is 3.72. The van der Waals surface area contributed by atoms with Gasteiger partial charge in [0.15, 0.2) is 0 Å². The highest BCUT2D eigenvalue weighted by Crippen LogP contribution is 2.44. The molecule has 4 nitrogen and oxygen atoms in total. The molecule has 0 atom stereocenters. The minimum Gasteiger partial charge on any atom is -0.480 e. The second-order valence-corrected chi connectivity index (χ2v) is 3.16. The van der Waals surface area contributed by atoms with Crippen molar-refractivity contribution in [2.24, 2.45) is 5.41 Å². The molecular formula is C7H13NO3. The van der Waals surface area contributed by atoms with Crippen LogP contribution in [0.3, 0.4) is 0 Å². The first kappa shape index (κ1) is 8.49. The molecule has 1 aliphatic carbocycles. The zero-order chi connectivity index (χ0) is 8.32. The highest BCUT2D eigenvalue weighted by molar-refractivity contribution is 5.68. The minimum absolute atomic E-state index is 0.00937. The maximum absolute atomic E-state index is 10.1. The summed E-state index contributed by atoms with van der Waals surface area (Å²) in [6.45, 7) is 0.775. The van der Waals surface area contributed by atoms with E-state index in [1.165, 1.54) is 0 Å². The van der Waals surface area contributed by atoms with Crippen LogP contribution in [0.1, 0.15) is 12.8 Å². The Morgan fingerprint density at radius 1 is 1.55 bits per heavy atom. The number of aliphatic hydroxyl groups excluding tert-OH is 1. The fourth-order valence-corrected chi connectivity index (χ4v) is 1.00. The summed E-state index contributed by atoms with van der Waals surface area (Å²) in [7, 11) is 0. The molecule has 4 heteroatoms. The van der Waals surface area contributed by atoms with Crippen molar-refractivity contribution in [1.29, 1.82) is 0 Å². The van der Waals surface area contributed by atoms with Gasteiger partial charge < -0.3 is 15.5 Å². The number of nitrogens with one attached hydrogen (secondary N) is 1. The number of carboxylic acid groups (broad SMARTS) is 1. The fraction of sp³-hybridized carbons (Fsp3) is 0.857. The molecule has 0 saturated heterocycles. The average Bonchev–Trinajstić information content (AvgIpc) is 2.69. The van der Waals surface area contributed by atoms with Crippen molar-refractivity contribution in [3.8, 4) is 0 Å². The van der Waals surface area contributed by atoms with Gasteiger partial charge in [-0.25, -0.2) is 0 Å². The van der Waals surface area contributed by atoms with Crippen LogP contribution < -0.4 is 5.32 Å². The first-order valence-electron chi connectivity index (χ1n) is 3.72. The largest absolute Gasteiger partial charge is 0.480 e. The lowest BCUT2D eigenvalue weighted by molar-refractivity contribution is -0.136. The molecule has 1 aliphatic rings. The predicted octanol–water partition coefficient (Wildman–Crippen LogP) is -0.567. The number of aliphatic carboxylic acids is 1. The third kappa shape index (κ3) is 2.48. The Morgan fingerprint density at radius 2 is 2.18 bits per heavy atom. The Hall–Kier alpha value is -0.610. The average molecular weight is 159 g/mol. The molecule has 11 heavy (non-hydrogen) atoms. The van der Waals surface area contributed by atoms with Crippen LogP contribution in [0.5, 0.6) is 0 Å². The van der Waals surface area contributed by atoms with Crippen molar-refractivity contribution in [3.05, 3.63) is 0 Å². The molecule has 64 valence electrons. The number of hydrogen-bond donors (Lipinski definition) is 3. The Balaban J connectivity index is 2.07. The normalized spacial score (nSPS) is 19.7. The molecule has 0 bridgehead atoms. The molecule has 0 aromatic rings. The molecule has 1 rings (SSSR count). The minimum atomic E-state index is -0.848. The van der Waals surface area contributed by atoms with Gasteiger partial charge in [0, 0.05) is 18.6 Å². The van der Waals surface area contributed by atoms with Gasteiger partial charge in [-0.1, -0.05) is 0 Å². The molecule has 0 heterocycles. The number of rotatable bonds is 5. The second kappa shape index (κ2) is 3.19. The molecule has 0 aromatic carbocycles. The number of carbonyl (C=O) groups is 1. The Bertz CT molecular complexity index is 154. The van der Waals surface area contributed by atoms with Crippen molar-refractivity contribution in [3.63, 3.8) is 0 Å². The van der Waals surface area contributed by atoms with Crippen molar-refractivity contribution in [2.45, 2.75) is 12.8 Å². The van der Waals surface area contributed by atoms with Gasteiger partial charge in [0.1, 0.15) is 0 Å². The third-order valence-electron chi connectivity index (χ3n) is 2.07. The molecule has 0 radical (unpaired) electrons. The Kier molecular flexibility index (Phi) is 2.46. The topological polar surface area (TPSA) is 69.6 Å². The number of aliphatic hydroxyl groups is 1. The summed E-state index contributed by atoms with van der Waals surface area (Å²) in [5, 5.41) is 19.9. The predicted molar refractivity (Wildman–Crippen MR) is 39.3 cm³/mol. The van der Waals surface area contributed by atoms with Crippen LogP contribution >= 0.6 is 0 Å². The number of carboxylic acids is 1. The Labute approximate surface area is 65.2 Å². The molecule has 0 amide bonds. The summed E-state index contributed by atoms with van der Waals surface area (Å²) in [6.07, 6.45) is 2.02. The van der Waals surface area contributed by atoms with E-state index in [0.717, 1.165) is 12.8 Å². The van der Waals surface area contributed by atoms with Crippen molar-refractivity contribution in [2.75, 3.05) is 19.7 Å². The van der Waals surface area contributed by atoms with Crippen LogP contribution in [0.25, 0.3) is 0 Å². The van der Waals surface area contributed by atoms with Crippen LogP contribution in [0, 0.1) is 5.41 Å².